The average Bonchev–Trinajstić information content (AvgIpc) is 3.74. The van der Waals surface area contributed by atoms with Crippen LogP contribution in [0.4, 0.5) is 26.3 Å². The van der Waals surface area contributed by atoms with Crippen molar-refractivity contribution in [3.63, 3.8) is 0 Å². The van der Waals surface area contributed by atoms with Crippen LogP contribution in [0.1, 0.15) is 139 Å². The first-order chi connectivity index (χ1) is 29.3. The van der Waals surface area contributed by atoms with E-state index >= 15 is 0 Å². The third-order valence-electron chi connectivity index (χ3n) is 11.3. The number of hydrogen-bond acceptors (Lipinski definition) is 2. The zero-order valence-corrected chi connectivity index (χ0v) is 41.9. The van der Waals surface area contributed by atoms with Crippen LogP contribution < -0.4 is 0 Å². The molecule has 0 heterocycles. The number of fused-ring (bicyclic) bond motifs is 6. The van der Waals surface area contributed by atoms with Gasteiger partial charge in [0, 0.05) is 0 Å². The predicted octanol–water partition coefficient (Wildman–Crippen LogP) is 16.1. The predicted molar refractivity (Wildman–Crippen MR) is 248 cm³/mol. The first-order valence-corrected chi connectivity index (χ1v) is 21.4. The molecule has 0 unspecified atom stereocenters. The molecule has 2 nitrogen and oxygen atoms in total. The number of phenols is 2. The van der Waals surface area contributed by atoms with E-state index in [1.54, 1.807) is 0 Å². The quantitative estimate of drug-likeness (QED) is 0.117. The summed E-state index contributed by atoms with van der Waals surface area (Å²) in [7, 11) is 0. The number of aromatic hydroxyl groups is 2. The van der Waals surface area contributed by atoms with Crippen LogP contribution in [0.3, 0.4) is 0 Å². The Morgan fingerprint density at radius 3 is 0.908 bits per heavy atom. The maximum absolute atomic E-state index is 11.8. The van der Waals surface area contributed by atoms with Crippen molar-refractivity contribution in [2.75, 3.05) is 0 Å². The molecule has 6 aromatic carbocycles. The van der Waals surface area contributed by atoms with Crippen LogP contribution in [0, 0.1) is 12.1 Å². The second-order valence-corrected chi connectivity index (χ2v) is 20.7. The molecule has 0 bridgehead atoms. The Labute approximate surface area is 401 Å². The SMILES string of the molecule is CC(C)(C)c1[c-]c2c(cc1)-c1ccc(C(C)(C)C)cc1C2.CC(C)(C)c1[c-]c2c(cc1)-c1ccc(C(C)(C)C)cc1C2.Oc1ccc(C(F)(F)F)cc1.Oc1ccc(C(F)(F)F)cc1.[Zr+2]. The summed E-state index contributed by atoms with van der Waals surface area (Å²) in [6, 6.07) is 37.7. The summed E-state index contributed by atoms with van der Waals surface area (Å²) in [5, 5.41) is 17.3. The van der Waals surface area contributed by atoms with E-state index in [1.165, 1.54) is 66.8 Å². The van der Waals surface area contributed by atoms with Crippen LogP contribution in [0.5, 0.6) is 11.5 Å². The van der Waals surface area contributed by atoms with Gasteiger partial charge in [0.05, 0.1) is 11.1 Å². The third-order valence-corrected chi connectivity index (χ3v) is 11.3. The fraction of sp³-hybridized carbons (Fsp3) is 0.357. The Balaban J connectivity index is 0.000000198. The van der Waals surface area contributed by atoms with Crippen molar-refractivity contribution < 1.29 is 62.8 Å². The van der Waals surface area contributed by atoms with Crippen molar-refractivity contribution >= 4 is 0 Å². The van der Waals surface area contributed by atoms with Crippen LogP contribution in [0.15, 0.2) is 109 Å². The summed E-state index contributed by atoms with van der Waals surface area (Å²) >= 11 is 0. The van der Waals surface area contributed by atoms with Gasteiger partial charge in [0.15, 0.2) is 0 Å². The molecule has 0 amide bonds. The van der Waals surface area contributed by atoms with Gasteiger partial charge in [-0.2, -0.15) is 73.9 Å². The molecule has 65 heavy (non-hydrogen) atoms. The number of hydrogen-bond donors (Lipinski definition) is 2. The van der Waals surface area contributed by atoms with Crippen LogP contribution >= 0.6 is 0 Å². The van der Waals surface area contributed by atoms with Gasteiger partial charge in [-0.3, -0.25) is 0 Å². The van der Waals surface area contributed by atoms with E-state index in [4.69, 9.17) is 10.2 Å². The molecule has 0 aliphatic heterocycles. The van der Waals surface area contributed by atoms with E-state index in [0.29, 0.717) is 0 Å². The topological polar surface area (TPSA) is 40.5 Å². The number of phenolic OH excluding ortho intramolecular Hbond substituents is 2. The zero-order valence-electron chi connectivity index (χ0n) is 39.5. The molecular weight excluding hydrogens is 910 g/mol. The number of rotatable bonds is 0. The van der Waals surface area contributed by atoms with Crippen molar-refractivity contribution in [2.24, 2.45) is 0 Å². The fourth-order valence-electron chi connectivity index (χ4n) is 7.36. The summed E-state index contributed by atoms with van der Waals surface area (Å²) in [6.45, 7) is 27.2. The second kappa shape index (κ2) is 19.7. The van der Waals surface area contributed by atoms with Crippen molar-refractivity contribution in [1.29, 1.82) is 0 Å². The van der Waals surface area contributed by atoms with Crippen molar-refractivity contribution in [3.05, 3.63) is 177 Å². The molecular formula is C56H60F6O2Zr. The molecule has 2 N–H and O–H groups in total. The zero-order chi connectivity index (χ0) is 47.8. The smallest absolute Gasteiger partial charge is 0.508 e. The Morgan fingerprint density at radius 2 is 0.646 bits per heavy atom. The van der Waals surface area contributed by atoms with Gasteiger partial charge in [0.2, 0.25) is 0 Å². The summed E-state index contributed by atoms with van der Waals surface area (Å²) in [5.41, 5.74) is 15.9. The molecule has 9 heteroatoms. The molecule has 0 saturated carbocycles. The van der Waals surface area contributed by atoms with Crippen LogP contribution in [-0.2, 0) is 73.1 Å². The average molecular weight is 970 g/mol. The monoisotopic (exact) mass is 968 g/mol. The van der Waals surface area contributed by atoms with E-state index in [9.17, 15) is 26.3 Å². The normalized spacial score (nSPS) is 13.0. The van der Waals surface area contributed by atoms with Crippen molar-refractivity contribution in [3.8, 4) is 33.8 Å². The first kappa shape index (κ1) is 53.0. The summed E-state index contributed by atoms with van der Waals surface area (Å²) < 4.78 is 71.0. The molecule has 0 atom stereocenters. The van der Waals surface area contributed by atoms with E-state index < -0.39 is 23.5 Å². The maximum atomic E-state index is 11.8. The van der Waals surface area contributed by atoms with E-state index in [1.807, 2.05) is 0 Å². The number of halogens is 6. The Morgan fingerprint density at radius 1 is 0.369 bits per heavy atom. The van der Waals surface area contributed by atoms with Gasteiger partial charge < -0.3 is 10.2 Å². The molecule has 0 radical (unpaired) electrons. The molecule has 0 spiro atoms. The van der Waals surface area contributed by atoms with Crippen LogP contribution in [0.25, 0.3) is 22.3 Å². The fourth-order valence-corrected chi connectivity index (χ4v) is 7.36. The molecule has 0 saturated heterocycles. The van der Waals surface area contributed by atoms with Gasteiger partial charge in [-0.1, -0.05) is 131 Å². The molecule has 8 rings (SSSR count). The second-order valence-electron chi connectivity index (χ2n) is 20.7. The van der Waals surface area contributed by atoms with E-state index in [2.05, 4.69) is 156 Å². The first-order valence-electron chi connectivity index (χ1n) is 21.4. The van der Waals surface area contributed by atoms with Crippen molar-refractivity contribution in [2.45, 2.75) is 130 Å². The molecule has 342 valence electrons. The summed E-state index contributed by atoms with van der Waals surface area (Å²) in [6.07, 6.45) is -6.60. The molecule has 6 aromatic rings. The molecule has 2 aliphatic carbocycles. The van der Waals surface area contributed by atoms with Gasteiger partial charge in [-0.05, 0) is 105 Å². The van der Waals surface area contributed by atoms with Gasteiger partial charge in [0.1, 0.15) is 11.5 Å². The summed E-state index contributed by atoms with van der Waals surface area (Å²) in [5.74, 6) is -0.337. The molecule has 2 aliphatic rings. The van der Waals surface area contributed by atoms with Gasteiger partial charge >= 0.3 is 38.6 Å². The Kier molecular flexibility index (Phi) is 16.1. The van der Waals surface area contributed by atoms with Crippen LogP contribution in [-0.4, -0.2) is 10.2 Å². The third kappa shape index (κ3) is 13.7. The minimum atomic E-state index is -4.33. The van der Waals surface area contributed by atoms with Crippen molar-refractivity contribution in [1.82, 2.24) is 0 Å². The Hall–Kier alpha value is -4.62. The maximum Gasteiger partial charge on any atom is 2.00 e. The number of alkyl halides is 6. The van der Waals surface area contributed by atoms with Gasteiger partial charge in [-0.25, -0.2) is 0 Å². The van der Waals surface area contributed by atoms with Gasteiger partial charge in [0.25, 0.3) is 0 Å². The number of benzene rings is 6. The largest absolute Gasteiger partial charge is 2.00 e. The minimum Gasteiger partial charge on any atom is -0.508 e. The van der Waals surface area contributed by atoms with Gasteiger partial charge in [-0.15, -0.1) is 22.3 Å². The van der Waals surface area contributed by atoms with E-state index in [0.717, 1.165) is 61.4 Å². The molecule has 0 fully saturated rings. The minimum absolute atomic E-state index is 0. The summed E-state index contributed by atoms with van der Waals surface area (Å²) in [4.78, 5) is 0. The molecule has 0 aromatic heterocycles. The van der Waals surface area contributed by atoms with Crippen LogP contribution in [0.2, 0.25) is 0 Å². The standard InChI is InChI=1S/2C21H25.2C7H5F3O.Zr/c2*1-20(2,3)16-7-9-18-14(12-16)11-15-13-17(21(4,5)6)8-10-19(15)18;2*8-7(9,10)5-1-3-6(11)4-2-5;/h2*7-10,12H,11H2,1-6H3;2*1-4,11H;/q2*-1;;;+2. The van der Waals surface area contributed by atoms with E-state index in [-0.39, 0.29) is 59.4 Å². The Bertz CT molecular complexity index is 2260.